The number of fused-ring (bicyclic) bond motifs is 2. The van der Waals surface area contributed by atoms with Crippen LogP contribution in [0.1, 0.15) is 51.2 Å². The van der Waals surface area contributed by atoms with Crippen molar-refractivity contribution >= 4 is 5.91 Å². The number of rotatable bonds is 3. The number of carbonyl (C=O) groups excluding carboxylic acids is 1. The molecule has 0 unspecified atom stereocenters. The van der Waals surface area contributed by atoms with E-state index in [2.05, 4.69) is 31.7 Å². The minimum absolute atomic E-state index is 0.136. The van der Waals surface area contributed by atoms with E-state index in [9.17, 15) is 4.79 Å². The lowest BCUT2D eigenvalue weighted by Gasteiger charge is -2.39. The second-order valence-electron chi connectivity index (χ2n) is 8.79. The second-order valence-corrected chi connectivity index (χ2v) is 8.79. The highest BCUT2D eigenvalue weighted by molar-refractivity contribution is 5.78. The van der Waals surface area contributed by atoms with Gasteiger partial charge >= 0.3 is 0 Å². The first kappa shape index (κ1) is 16.4. The molecule has 3 nitrogen and oxygen atoms in total. The molecule has 1 amide bonds. The highest BCUT2D eigenvalue weighted by Crippen LogP contribution is 2.52. The summed E-state index contributed by atoms with van der Waals surface area (Å²) in [5.41, 5.74) is 2.85. The highest BCUT2D eigenvalue weighted by Gasteiger charge is 2.50. The monoisotopic (exact) mass is 315 g/mol. The summed E-state index contributed by atoms with van der Waals surface area (Å²) in [6.07, 6.45) is 3.46. The van der Waals surface area contributed by atoms with E-state index in [0.717, 1.165) is 36.3 Å². The zero-order valence-corrected chi connectivity index (χ0v) is 15.1. The third kappa shape index (κ3) is 3.39. The van der Waals surface area contributed by atoms with Crippen LogP contribution in [0.25, 0.3) is 0 Å². The number of hydrogen-bond donors (Lipinski definition) is 0. The average Bonchev–Trinajstić information content (AvgIpc) is 2.68. The van der Waals surface area contributed by atoms with Crippen LogP contribution < -0.4 is 4.74 Å². The quantitative estimate of drug-likeness (QED) is 0.840. The number of ether oxygens (including phenoxy) is 1. The molecule has 2 atom stereocenters. The number of carbonyl (C=O) groups is 1. The van der Waals surface area contributed by atoms with Gasteiger partial charge in [0.05, 0.1) is 0 Å². The minimum atomic E-state index is 0.136. The summed E-state index contributed by atoms with van der Waals surface area (Å²) in [6, 6.07) is 6.51. The Morgan fingerprint density at radius 1 is 1.26 bits per heavy atom. The lowest BCUT2D eigenvalue weighted by molar-refractivity contribution is -0.134. The van der Waals surface area contributed by atoms with E-state index in [1.807, 2.05) is 26.0 Å². The Balaban J connectivity index is 1.66. The maximum Gasteiger partial charge on any atom is 0.260 e. The van der Waals surface area contributed by atoms with Crippen molar-refractivity contribution in [3.8, 4) is 5.75 Å². The minimum Gasteiger partial charge on any atom is -0.483 e. The Kier molecular flexibility index (Phi) is 3.94. The van der Waals surface area contributed by atoms with E-state index < -0.39 is 0 Å². The molecular formula is C20H29NO2. The number of amides is 1. The largest absolute Gasteiger partial charge is 0.483 e. The van der Waals surface area contributed by atoms with Gasteiger partial charge in [0.1, 0.15) is 5.75 Å². The van der Waals surface area contributed by atoms with Crippen molar-refractivity contribution in [2.75, 3.05) is 13.2 Å². The van der Waals surface area contributed by atoms with Crippen molar-refractivity contribution in [1.82, 2.24) is 4.90 Å². The fourth-order valence-corrected chi connectivity index (χ4v) is 4.84. The second kappa shape index (κ2) is 5.54. The lowest BCUT2D eigenvalue weighted by Crippen LogP contribution is -2.40. The molecule has 1 aromatic carbocycles. The van der Waals surface area contributed by atoms with Crippen LogP contribution in [0.15, 0.2) is 18.2 Å². The van der Waals surface area contributed by atoms with Crippen molar-refractivity contribution in [2.45, 2.75) is 59.9 Å². The summed E-state index contributed by atoms with van der Waals surface area (Å²) in [5, 5.41) is 0. The first-order valence-corrected chi connectivity index (χ1v) is 8.67. The van der Waals surface area contributed by atoms with Crippen LogP contribution in [0.5, 0.6) is 5.75 Å². The van der Waals surface area contributed by atoms with Gasteiger partial charge in [-0.15, -0.1) is 0 Å². The van der Waals surface area contributed by atoms with Gasteiger partial charge in [-0.2, -0.15) is 0 Å². The van der Waals surface area contributed by atoms with Crippen LogP contribution in [-0.4, -0.2) is 30.0 Å². The van der Waals surface area contributed by atoms with Crippen LogP contribution in [0.3, 0.4) is 0 Å². The van der Waals surface area contributed by atoms with Gasteiger partial charge in [0, 0.05) is 12.6 Å². The van der Waals surface area contributed by atoms with E-state index >= 15 is 0 Å². The van der Waals surface area contributed by atoms with Crippen LogP contribution >= 0.6 is 0 Å². The Labute approximate surface area is 140 Å². The molecule has 2 bridgehead atoms. The summed E-state index contributed by atoms with van der Waals surface area (Å²) < 4.78 is 5.83. The van der Waals surface area contributed by atoms with E-state index in [4.69, 9.17) is 4.74 Å². The molecule has 1 heterocycles. The van der Waals surface area contributed by atoms with Gasteiger partial charge in [0.25, 0.3) is 5.91 Å². The standard InChI is InChI=1S/C20H29NO2/c1-14-6-7-15(2)17(8-14)23-11-18(22)21-13-20(5)10-16(21)9-19(3,4)12-20/h6-8,16H,9-13H2,1-5H3/t16-,20-/m0/s1. The van der Waals surface area contributed by atoms with Crippen LogP contribution in [0, 0.1) is 24.7 Å². The molecule has 1 saturated heterocycles. The molecule has 1 aromatic rings. The molecule has 23 heavy (non-hydrogen) atoms. The number of aryl methyl sites for hydroxylation is 2. The average molecular weight is 315 g/mol. The van der Waals surface area contributed by atoms with Crippen molar-refractivity contribution < 1.29 is 9.53 Å². The van der Waals surface area contributed by atoms with E-state index in [1.54, 1.807) is 0 Å². The van der Waals surface area contributed by atoms with Gasteiger partial charge in [0.15, 0.2) is 6.61 Å². The zero-order chi connectivity index (χ0) is 16.8. The predicted octanol–water partition coefficient (Wildman–Crippen LogP) is 4.11. The van der Waals surface area contributed by atoms with Gasteiger partial charge in [-0.3, -0.25) is 4.79 Å². The van der Waals surface area contributed by atoms with E-state index in [-0.39, 0.29) is 17.9 Å². The summed E-state index contributed by atoms with van der Waals surface area (Å²) in [4.78, 5) is 14.8. The third-order valence-electron chi connectivity index (χ3n) is 5.43. The number of likely N-dealkylation sites (tertiary alicyclic amines) is 1. The van der Waals surface area contributed by atoms with Gasteiger partial charge in [-0.25, -0.2) is 0 Å². The molecule has 1 aliphatic heterocycles. The summed E-state index contributed by atoms with van der Waals surface area (Å²) >= 11 is 0. The van der Waals surface area contributed by atoms with Crippen molar-refractivity contribution in [3.63, 3.8) is 0 Å². The molecule has 126 valence electrons. The third-order valence-corrected chi connectivity index (χ3v) is 5.43. The first-order chi connectivity index (χ1) is 10.7. The molecule has 1 saturated carbocycles. The number of benzene rings is 1. The molecule has 0 radical (unpaired) electrons. The van der Waals surface area contributed by atoms with Crippen molar-refractivity contribution in [1.29, 1.82) is 0 Å². The van der Waals surface area contributed by atoms with E-state index in [0.29, 0.717) is 11.5 Å². The smallest absolute Gasteiger partial charge is 0.260 e. The molecule has 3 heteroatoms. The predicted molar refractivity (Wildman–Crippen MR) is 92.7 cm³/mol. The Morgan fingerprint density at radius 3 is 2.74 bits per heavy atom. The fourth-order valence-electron chi connectivity index (χ4n) is 4.84. The molecule has 0 N–H and O–H groups in total. The Hall–Kier alpha value is -1.51. The molecule has 3 rings (SSSR count). The van der Waals surface area contributed by atoms with Gasteiger partial charge in [-0.05, 0) is 61.1 Å². The normalized spacial score (nSPS) is 28.7. The maximum atomic E-state index is 12.7. The first-order valence-electron chi connectivity index (χ1n) is 8.67. The molecule has 2 aliphatic rings. The molecule has 0 spiro atoms. The Bertz CT molecular complexity index is 622. The Morgan fingerprint density at radius 2 is 2.00 bits per heavy atom. The summed E-state index contributed by atoms with van der Waals surface area (Å²) in [6.45, 7) is 12.1. The maximum absolute atomic E-state index is 12.7. The molecule has 1 aliphatic carbocycles. The number of nitrogens with zero attached hydrogens (tertiary/aromatic N) is 1. The molecule has 2 fully saturated rings. The molecular weight excluding hydrogens is 286 g/mol. The highest BCUT2D eigenvalue weighted by atomic mass is 16.5. The van der Waals surface area contributed by atoms with Crippen LogP contribution in [-0.2, 0) is 4.79 Å². The number of hydrogen-bond acceptors (Lipinski definition) is 2. The van der Waals surface area contributed by atoms with Crippen LogP contribution in [0.2, 0.25) is 0 Å². The SMILES string of the molecule is Cc1ccc(C)c(OCC(=O)N2C[C@@]3(C)C[C@@H]2CC(C)(C)C3)c1. The zero-order valence-electron chi connectivity index (χ0n) is 15.1. The summed E-state index contributed by atoms with van der Waals surface area (Å²) in [5.74, 6) is 0.962. The van der Waals surface area contributed by atoms with Crippen molar-refractivity contribution in [2.24, 2.45) is 10.8 Å². The van der Waals surface area contributed by atoms with Gasteiger partial charge in [0.2, 0.25) is 0 Å². The van der Waals surface area contributed by atoms with E-state index in [1.165, 1.54) is 6.42 Å². The van der Waals surface area contributed by atoms with Gasteiger partial charge in [-0.1, -0.05) is 32.9 Å². The molecule has 0 aromatic heterocycles. The van der Waals surface area contributed by atoms with Crippen LogP contribution in [0.4, 0.5) is 0 Å². The fraction of sp³-hybridized carbons (Fsp3) is 0.650. The van der Waals surface area contributed by atoms with Crippen molar-refractivity contribution in [3.05, 3.63) is 29.3 Å². The van der Waals surface area contributed by atoms with Gasteiger partial charge < -0.3 is 9.64 Å². The lowest BCUT2D eigenvalue weighted by atomic mass is 9.65. The summed E-state index contributed by atoms with van der Waals surface area (Å²) in [7, 11) is 0. The topological polar surface area (TPSA) is 29.5 Å².